The summed E-state index contributed by atoms with van der Waals surface area (Å²) in [4.78, 5) is 14.3. The predicted octanol–water partition coefficient (Wildman–Crippen LogP) is 2.92. The smallest absolute Gasteiger partial charge is 0.280 e. The molecule has 0 atom stereocenters. The van der Waals surface area contributed by atoms with Gasteiger partial charge in [0, 0.05) is 18.4 Å². The maximum atomic E-state index is 15.1. The van der Waals surface area contributed by atoms with Crippen LogP contribution in [0.3, 0.4) is 0 Å². The van der Waals surface area contributed by atoms with Crippen molar-refractivity contribution in [3.63, 3.8) is 0 Å². The second-order valence-electron chi connectivity index (χ2n) is 8.88. The molecule has 162 valence electrons. The highest BCUT2D eigenvalue weighted by Crippen LogP contribution is 2.48. The number of nitrogens with zero attached hydrogens (tertiary/aromatic N) is 4. The molecule has 2 saturated carbocycles. The number of rotatable bonds is 4. The van der Waals surface area contributed by atoms with Gasteiger partial charge < -0.3 is 14.4 Å². The molecular formula is C23H25FN4O3. The van der Waals surface area contributed by atoms with E-state index in [9.17, 15) is 4.79 Å². The fraction of sp³-hybridized carbons (Fsp3) is 0.522. The normalized spacial score (nSPS) is 19.7. The van der Waals surface area contributed by atoms with Crippen molar-refractivity contribution in [3.8, 4) is 11.8 Å². The fourth-order valence-electron chi connectivity index (χ4n) is 3.69. The van der Waals surface area contributed by atoms with Crippen LogP contribution in [0.5, 0.6) is 0 Å². The van der Waals surface area contributed by atoms with E-state index in [1.54, 1.807) is 19.1 Å². The predicted molar refractivity (Wildman–Crippen MR) is 111 cm³/mol. The number of anilines is 1. The summed E-state index contributed by atoms with van der Waals surface area (Å²) < 4.78 is 28.2. The molecule has 1 amide bonds. The Kier molecular flexibility index (Phi) is 5.03. The van der Waals surface area contributed by atoms with E-state index < -0.39 is 18.0 Å². The van der Waals surface area contributed by atoms with Crippen LogP contribution in [0.2, 0.25) is 0 Å². The van der Waals surface area contributed by atoms with Crippen LogP contribution in [0.15, 0.2) is 18.3 Å². The van der Waals surface area contributed by atoms with E-state index in [2.05, 4.69) is 22.2 Å². The maximum Gasteiger partial charge on any atom is 0.280 e. The number of hydrogen-bond donors (Lipinski definition) is 0. The Labute approximate surface area is 180 Å². The number of carbonyl (C=O) groups is 1. The first-order chi connectivity index (χ1) is 14.9. The lowest BCUT2D eigenvalue weighted by Gasteiger charge is -2.29. The van der Waals surface area contributed by atoms with Crippen molar-refractivity contribution >= 4 is 11.6 Å². The van der Waals surface area contributed by atoms with E-state index in [4.69, 9.17) is 9.47 Å². The molecule has 3 fully saturated rings. The fourth-order valence-corrected chi connectivity index (χ4v) is 3.69. The molecule has 5 rings (SSSR count). The molecule has 7 nitrogen and oxygen atoms in total. The van der Waals surface area contributed by atoms with Crippen molar-refractivity contribution in [3.05, 3.63) is 41.0 Å². The van der Waals surface area contributed by atoms with Crippen LogP contribution < -0.4 is 4.90 Å². The number of amides is 1. The largest absolute Gasteiger partial charge is 0.350 e. The molecular weight excluding hydrogens is 399 g/mol. The second kappa shape index (κ2) is 7.74. The van der Waals surface area contributed by atoms with Gasteiger partial charge in [0.15, 0.2) is 17.8 Å². The lowest BCUT2D eigenvalue weighted by atomic mass is 10.1. The number of aryl methyl sites for hydroxylation is 1. The Morgan fingerprint density at radius 2 is 2.06 bits per heavy atom. The Bertz CT molecular complexity index is 1070. The van der Waals surface area contributed by atoms with E-state index in [-0.39, 0.29) is 16.8 Å². The Hall–Kier alpha value is -2.76. The van der Waals surface area contributed by atoms with Gasteiger partial charge in [0.05, 0.1) is 37.2 Å². The van der Waals surface area contributed by atoms with Gasteiger partial charge in [-0.1, -0.05) is 23.1 Å². The molecule has 1 saturated heterocycles. The zero-order valence-corrected chi connectivity index (χ0v) is 17.7. The topological polar surface area (TPSA) is 69.5 Å². The van der Waals surface area contributed by atoms with Crippen LogP contribution in [-0.4, -0.2) is 47.5 Å². The summed E-state index contributed by atoms with van der Waals surface area (Å²) in [5.41, 5.74) is 1.51. The van der Waals surface area contributed by atoms with E-state index in [1.165, 1.54) is 22.8 Å². The van der Waals surface area contributed by atoms with Crippen molar-refractivity contribution in [2.45, 2.75) is 45.4 Å². The molecule has 8 heteroatoms. The van der Waals surface area contributed by atoms with Crippen LogP contribution in [-0.2, 0) is 16.0 Å². The molecule has 0 unspecified atom stereocenters. The first-order valence-electron chi connectivity index (χ1n) is 10.7. The summed E-state index contributed by atoms with van der Waals surface area (Å²) in [6.07, 6.45) is 5.57. The van der Waals surface area contributed by atoms with Gasteiger partial charge in [0.1, 0.15) is 0 Å². The maximum absolute atomic E-state index is 15.1. The minimum absolute atomic E-state index is 0.130. The Morgan fingerprint density at radius 1 is 1.32 bits per heavy atom. The van der Waals surface area contributed by atoms with Crippen molar-refractivity contribution in [2.24, 2.45) is 11.3 Å². The summed E-state index contributed by atoms with van der Waals surface area (Å²) in [5, 5.41) is 8.00. The highest BCUT2D eigenvalue weighted by atomic mass is 19.1. The molecule has 2 heterocycles. The van der Waals surface area contributed by atoms with E-state index in [1.807, 2.05) is 0 Å². The Balaban J connectivity index is 1.29. The monoisotopic (exact) mass is 424 g/mol. The lowest BCUT2D eigenvalue weighted by Crippen LogP contribution is -2.36. The first-order valence-corrected chi connectivity index (χ1v) is 10.7. The van der Waals surface area contributed by atoms with Gasteiger partial charge in [0.25, 0.3) is 5.91 Å². The van der Waals surface area contributed by atoms with Gasteiger partial charge in [-0.25, -0.2) is 9.07 Å². The van der Waals surface area contributed by atoms with Gasteiger partial charge in [-0.05, 0) is 44.2 Å². The minimum Gasteiger partial charge on any atom is -0.350 e. The summed E-state index contributed by atoms with van der Waals surface area (Å²) in [6.45, 7) is 3.50. The number of carbonyl (C=O) groups excluding carboxylic acids is 1. The van der Waals surface area contributed by atoms with Gasteiger partial charge in [-0.15, -0.1) is 5.10 Å². The second-order valence-corrected chi connectivity index (χ2v) is 8.88. The first kappa shape index (κ1) is 20.2. The summed E-state index contributed by atoms with van der Waals surface area (Å²) in [5.74, 6) is 5.41. The van der Waals surface area contributed by atoms with E-state index >= 15 is 4.39 Å². The summed E-state index contributed by atoms with van der Waals surface area (Å²) >= 11 is 0. The molecule has 1 aromatic heterocycles. The molecule has 2 aliphatic carbocycles. The average Bonchev–Trinajstić information content (AvgIpc) is 3.69. The average molecular weight is 424 g/mol. The third-order valence-electron chi connectivity index (χ3n) is 6.15. The van der Waals surface area contributed by atoms with Crippen molar-refractivity contribution in [2.75, 3.05) is 25.2 Å². The molecule has 31 heavy (non-hydrogen) atoms. The van der Waals surface area contributed by atoms with E-state index in [0.29, 0.717) is 36.8 Å². The number of aromatic nitrogens is 3. The quantitative estimate of drug-likeness (QED) is 0.706. The third-order valence-corrected chi connectivity index (χ3v) is 6.15. The van der Waals surface area contributed by atoms with Crippen molar-refractivity contribution in [1.82, 2.24) is 15.0 Å². The molecule has 0 bridgehead atoms. The highest BCUT2D eigenvalue weighted by Gasteiger charge is 2.47. The van der Waals surface area contributed by atoms with Crippen LogP contribution in [0.1, 0.15) is 47.3 Å². The zero-order chi connectivity index (χ0) is 21.6. The molecule has 2 aromatic rings. The van der Waals surface area contributed by atoms with Crippen LogP contribution in [0.4, 0.5) is 10.1 Å². The molecule has 1 aromatic carbocycles. The van der Waals surface area contributed by atoms with E-state index in [0.717, 1.165) is 25.7 Å². The lowest BCUT2D eigenvalue weighted by molar-refractivity contribution is -0.213. The SMILES string of the molecule is Cc1ccc(C#CC2CC2)c(F)c1N(C)C(=O)c1cn(CC2OCC3(CC3)CO2)nn1. The summed E-state index contributed by atoms with van der Waals surface area (Å²) in [7, 11) is 1.54. The zero-order valence-electron chi connectivity index (χ0n) is 17.7. The van der Waals surface area contributed by atoms with Gasteiger partial charge in [-0.2, -0.15) is 0 Å². The highest BCUT2D eigenvalue weighted by molar-refractivity contribution is 6.04. The number of halogens is 1. The summed E-state index contributed by atoms with van der Waals surface area (Å²) in [6, 6.07) is 3.44. The molecule has 0 N–H and O–H groups in total. The molecule has 0 radical (unpaired) electrons. The van der Waals surface area contributed by atoms with Gasteiger partial charge in [0.2, 0.25) is 0 Å². The minimum atomic E-state index is -0.491. The van der Waals surface area contributed by atoms with Gasteiger partial charge in [-0.3, -0.25) is 4.79 Å². The number of ether oxygens (including phenoxy) is 2. The number of benzene rings is 1. The van der Waals surface area contributed by atoms with Crippen molar-refractivity contribution in [1.29, 1.82) is 0 Å². The van der Waals surface area contributed by atoms with Gasteiger partial charge >= 0.3 is 0 Å². The molecule has 1 aliphatic heterocycles. The van der Waals surface area contributed by atoms with Crippen molar-refractivity contribution < 1.29 is 18.7 Å². The third kappa shape index (κ3) is 4.21. The number of hydrogen-bond acceptors (Lipinski definition) is 5. The standard InChI is InChI=1S/C23H25FN4O3/c1-15-3-7-17(8-6-16-4-5-16)20(24)21(15)27(2)22(29)18-11-28(26-25-18)12-19-30-13-23(9-10-23)14-31-19/h3,7,11,16,19H,4-5,9-10,12-14H2,1-2H3. The Morgan fingerprint density at radius 3 is 2.74 bits per heavy atom. The van der Waals surface area contributed by atoms with Crippen LogP contribution >= 0.6 is 0 Å². The molecule has 1 spiro atoms. The van der Waals surface area contributed by atoms with Crippen LogP contribution in [0.25, 0.3) is 0 Å². The van der Waals surface area contributed by atoms with Crippen LogP contribution in [0, 0.1) is 35.9 Å². The molecule has 3 aliphatic rings.